The van der Waals surface area contributed by atoms with Gasteiger partial charge in [0, 0.05) is 55.5 Å². The van der Waals surface area contributed by atoms with Gasteiger partial charge >= 0.3 is 0 Å². The van der Waals surface area contributed by atoms with Crippen molar-refractivity contribution in [2.75, 3.05) is 13.6 Å². The van der Waals surface area contributed by atoms with Crippen LogP contribution in [-0.2, 0) is 20.0 Å². The molecule has 2 aromatic heterocycles. The van der Waals surface area contributed by atoms with Crippen LogP contribution in [0.1, 0.15) is 22.5 Å². The van der Waals surface area contributed by atoms with Crippen molar-refractivity contribution in [3.8, 4) is 0 Å². The molecule has 26 heavy (non-hydrogen) atoms. The fourth-order valence-corrected chi connectivity index (χ4v) is 3.12. The number of para-hydroxylation sites is 1. The highest BCUT2D eigenvalue weighted by atomic mass is 127. The summed E-state index contributed by atoms with van der Waals surface area (Å²) in [4.78, 5) is 7.63. The predicted octanol–water partition coefficient (Wildman–Crippen LogP) is 3.04. The van der Waals surface area contributed by atoms with Crippen LogP contribution in [0.5, 0.6) is 0 Å². The first-order valence-corrected chi connectivity index (χ1v) is 8.58. The van der Waals surface area contributed by atoms with Gasteiger partial charge in [-0.15, -0.1) is 24.0 Å². The predicted molar refractivity (Wildman–Crippen MR) is 118 cm³/mol. The van der Waals surface area contributed by atoms with E-state index in [2.05, 4.69) is 63.1 Å². The first-order valence-electron chi connectivity index (χ1n) is 8.58. The van der Waals surface area contributed by atoms with Gasteiger partial charge in [-0.1, -0.05) is 18.2 Å². The molecule has 3 rings (SSSR count). The summed E-state index contributed by atoms with van der Waals surface area (Å²) in [6, 6.07) is 8.38. The van der Waals surface area contributed by atoms with Crippen molar-refractivity contribution < 1.29 is 0 Å². The molecule has 0 atom stereocenters. The van der Waals surface area contributed by atoms with Crippen LogP contribution in [-0.4, -0.2) is 34.3 Å². The Labute approximate surface area is 171 Å². The lowest BCUT2D eigenvalue weighted by molar-refractivity contribution is 0.728. The quantitative estimate of drug-likeness (QED) is 0.308. The largest absolute Gasteiger partial charge is 0.361 e. The second-order valence-corrected chi connectivity index (χ2v) is 6.24. The second-order valence-electron chi connectivity index (χ2n) is 6.24. The minimum absolute atomic E-state index is 0. The molecule has 0 unspecified atom stereocenters. The Bertz CT molecular complexity index is 893. The first-order chi connectivity index (χ1) is 12.1. The van der Waals surface area contributed by atoms with Crippen molar-refractivity contribution in [2.24, 2.45) is 12.0 Å². The standard InChI is InChI=1S/C19H26N6.HI/c1-13-17(14(2)25(4)24-13)12-23-19(20-3)21-10-9-15-11-22-18-8-6-5-7-16(15)18;/h5-8,11,22H,9-10,12H2,1-4H3,(H2,20,21,23);1H. The van der Waals surface area contributed by atoms with E-state index in [1.54, 1.807) is 7.05 Å². The van der Waals surface area contributed by atoms with Gasteiger partial charge in [0.2, 0.25) is 0 Å². The number of rotatable bonds is 5. The number of H-pyrrole nitrogens is 1. The third-order valence-electron chi connectivity index (χ3n) is 4.68. The van der Waals surface area contributed by atoms with Crippen molar-refractivity contribution in [3.63, 3.8) is 0 Å². The van der Waals surface area contributed by atoms with E-state index in [4.69, 9.17) is 0 Å². The molecule has 7 heteroatoms. The highest BCUT2D eigenvalue weighted by molar-refractivity contribution is 14.0. The molecule has 6 nitrogen and oxygen atoms in total. The highest BCUT2D eigenvalue weighted by Crippen LogP contribution is 2.17. The molecule has 0 aliphatic carbocycles. The molecule has 0 bridgehead atoms. The van der Waals surface area contributed by atoms with E-state index < -0.39 is 0 Å². The first kappa shape index (κ1) is 20.3. The maximum atomic E-state index is 4.45. The minimum atomic E-state index is 0. The molecular formula is C19H27IN6. The molecule has 2 heterocycles. The van der Waals surface area contributed by atoms with E-state index >= 15 is 0 Å². The van der Waals surface area contributed by atoms with Crippen LogP contribution >= 0.6 is 24.0 Å². The molecule has 0 radical (unpaired) electrons. The maximum Gasteiger partial charge on any atom is 0.191 e. The van der Waals surface area contributed by atoms with E-state index in [1.807, 2.05) is 18.7 Å². The summed E-state index contributed by atoms with van der Waals surface area (Å²) in [5.74, 6) is 0.808. The number of nitrogens with one attached hydrogen (secondary N) is 3. The number of aryl methyl sites for hydroxylation is 2. The lowest BCUT2D eigenvalue weighted by Gasteiger charge is -2.12. The zero-order valence-corrected chi connectivity index (χ0v) is 18.1. The molecule has 0 spiro atoms. The fourth-order valence-electron chi connectivity index (χ4n) is 3.12. The number of aromatic nitrogens is 3. The van der Waals surface area contributed by atoms with Crippen molar-refractivity contribution >= 4 is 40.8 Å². The van der Waals surface area contributed by atoms with Crippen molar-refractivity contribution in [1.29, 1.82) is 0 Å². The Kier molecular flexibility index (Phi) is 7.07. The van der Waals surface area contributed by atoms with Crippen LogP contribution in [0.3, 0.4) is 0 Å². The third-order valence-corrected chi connectivity index (χ3v) is 4.68. The monoisotopic (exact) mass is 466 g/mol. The van der Waals surface area contributed by atoms with Gasteiger partial charge in [0.1, 0.15) is 0 Å². The molecule has 0 saturated heterocycles. The number of hydrogen-bond acceptors (Lipinski definition) is 2. The Morgan fingerprint density at radius 1 is 1.23 bits per heavy atom. The van der Waals surface area contributed by atoms with Gasteiger partial charge in [-0.05, 0) is 31.9 Å². The number of benzene rings is 1. The number of nitrogens with zero attached hydrogens (tertiary/aromatic N) is 3. The Morgan fingerprint density at radius 2 is 2.00 bits per heavy atom. The number of aromatic amines is 1. The highest BCUT2D eigenvalue weighted by Gasteiger charge is 2.10. The molecular weight excluding hydrogens is 439 g/mol. The molecule has 140 valence electrons. The lowest BCUT2D eigenvalue weighted by atomic mass is 10.1. The average Bonchev–Trinajstić information content (AvgIpc) is 3.13. The summed E-state index contributed by atoms with van der Waals surface area (Å²) < 4.78 is 1.92. The molecule has 0 aliphatic heterocycles. The van der Waals surface area contributed by atoms with Crippen LogP contribution in [0.4, 0.5) is 0 Å². The van der Waals surface area contributed by atoms with Gasteiger partial charge in [0.15, 0.2) is 5.96 Å². The van der Waals surface area contributed by atoms with Gasteiger partial charge < -0.3 is 15.6 Å². The maximum absolute atomic E-state index is 4.45. The molecule has 3 N–H and O–H groups in total. The van der Waals surface area contributed by atoms with Crippen LogP contribution in [0.25, 0.3) is 10.9 Å². The van der Waals surface area contributed by atoms with Crippen LogP contribution in [0, 0.1) is 13.8 Å². The van der Waals surface area contributed by atoms with Crippen molar-refractivity contribution in [1.82, 2.24) is 25.4 Å². The van der Waals surface area contributed by atoms with Crippen molar-refractivity contribution in [3.05, 3.63) is 53.0 Å². The van der Waals surface area contributed by atoms with E-state index in [-0.39, 0.29) is 24.0 Å². The normalized spacial score (nSPS) is 11.5. The Hall–Kier alpha value is -2.03. The SMILES string of the molecule is CN=C(NCCc1c[nH]c2ccccc12)NCc1c(C)nn(C)c1C.I. The molecule has 0 saturated carbocycles. The topological polar surface area (TPSA) is 70.0 Å². The number of guanidine groups is 1. The number of hydrogen-bond donors (Lipinski definition) is 3. The number of fused-ring (bicyclic) bond motifs is 1. The summed E-state index contributed by atoms with van der Waals surface area (Å²) in [5, 5.41) is 12.5. The Balaban J connectivity index is 0.00000243. The summed E-state index contributed by atoms with van der Waals surface area (Å²) in [6.45, 7) is 5.67. The van der Waals surface area contributed by atoms with Crippen LogP contribution in [0.15, 0.2) is 35.5 Å². The van der Waals surface area contributed by atoms with Gasteiger partial charge in [-0.25, -0.2) is 0 Å². The van der Waals surface area contributed by atoms with E-state index in [0.717, 1.165) is 31.2 Å². The summed E-state index contributed by atoms with van der Waals surface area (Å²) >= 11 is 0. The molecule has 0 fully saturated rings. The number of aliphatic imine (C=N–C) groups is 1. The summed E-state index contributed by atoms with van der Waals surface area (Å²) in [7, 11) is 3.77. The van der Waals surface area contributed by atoms with Crippen molar-refractivity contribution in [2.45, 2.75) is 26.8 Å². The van der Waals surface area contributed by atoms with Crippen LogP contribution in [0.2, 0.25) is 0 Å². The average molecular weight is 466 g/mol. The minimum Gasteiger partial charge on any atom is -0.361 e. The lowest BCUT2D eigenvalue weighted by Crippen LogP contribution is -2.38. The third kappa shape index (κ3) is 4.38. The van der Waals surface area contributed by atoms with Crippen LogP contribution < -0.4 is 10.6 Å². The van der Waals surface area contributed by atoms with E-state index in [9.17, 15) is 0 Å². The van der Waals surface area contributed by atoms with Gasteiger partial charge in [-0.2, -0.15) is 5.10 Å². The molecule has 0 amide bonds. The zero-order chi connectivity index (χ0) is 17.8. The number of halogens is 1. The van der Waals surface area contributed by atoms with E-state index in [0.29, 0.717) is 0 Å². The fraction of sp³-hybridized carbons (Fsp3) is 0.368. The van der Waals surface area contributed by atoms with Gasteiger partial charge in [0.05, 0.1) is 5.69 Å². The van der Waals surface area contributed by atoms with Gasteiger partial charge in [0.25, 0.3) is 0 Å². The molecule has 3 aromatic rings. The molecule has 0 aliphatic rings. The zero-order valence-electron chi connectivity index (χ0n) is 15.8. The van der Waals surface area contributed by atoms with Gasteiger partial charge in [-0.3, -0.25) is 9.67 Å². The molecule has 1 aromatic carbocycles. The van der Waals surface area contributed by atoms with E-state index in [1.165, 1.54) is 27.7 Å². The smallest absolute Gasteiger partial charge is 0.191 e. The Morgan fingerprint density at radius 3 is 2.69 bits per heavy atom. The second kappa shape index (κ2) is 9.07. The summed E-state index contributed by atoms with van der Waals surface area (Å²) in [5.41, 5.74) is 5.96. The summed E-state index contributed by atoms with van der Waals surface area (Å²) in [6.07, 6.45) is 3.03.